The lowest BCUT2D eigenvalue weighted by atomic mass is 10.2. The minimum absolute atomic E-state index is 0.129. The van der Waals surface area contributed by atoms with E-state index >= 15 is 0 Å². The summed E-state index contributed by atoms with van der Waals surface area (Å²) in [5.41, 5.74) is 2.26. The van der Waals surface area contributed by atoms with Gasteiger partial charge in [-0.2, -0.15) is 4.31 Å². The second-order valence-electron chi connectivity index (χ2n) is 7.40. The maximum absolute atomic E-state index is 12.8. The lowest BCUT2D eigenvalue weighted by Gasteiger charge is -2.26. The normalized spacial score (nSPS) is 14.4. The van der Waals surface area contributed by atoms with Crippen LogP contribution in [0.5, 0.6) is 5.75 Å². The van der Waals surface area contributed by atoms with Crippen LogP contribution in [0.15, 0.2) is 83.8 Å². The summed E-state index contributed by atoms with van der Waals surface area (Å²) in [7, 11) is -3.64. The SMILES string of the molecule is O=C(COc1ccc(Nc2ccccc2)cc1)Nc1cccc(S(=O)(=O)N2CCOCC2)c1. The molecular weight excluding hydrogens is 442 g/mol. The fourth-order valence-corrected chi connectivity index (χ4v) is 4.79. The number of benzene rings is 3. The first-order valence-electron chi connectivity index (χ1n) is 10.5. The van der Waals surface area contributed by atoms with Crippen molar-refractivity contribution in [2.75, 3.05) is 43.5 Å². The van der Waals surface area contributed by atoms with E-state index in [-0.39, 0.29) is 17.4 Å². The Morgan fingerprint density at radius 2 is 1.55 bits per heavy atom. The van der Waals surface area contributed by atoms with Crippen molar-refractivity contribution < 1.29 is 22.7 Å². The Labute approximate surface area is 193 Å². The van der Waals surface area contributed by atoms with Crippen LogP contribution in [0.2, 0.25) is 0 Å². The molecule has 33 heavy (non-hydrogen) atoms. The molecule has 0 spiro atoms. The molecule has 1 aliphatic rings. The predicted octanol–water partition coefficient (Wildman–Crippen LogP) is 3.47. The molecule has 1 fully saturated rings. The summed E-state index contributed by atoms with van der Waals surface area (Å²) in [6, 6.07) is 23.3. The van der Waals surface area contributed by atoms with Gasteiger partial charge in [-0.05, 0) is 54.6 Å². The lowest BCUT2D eigenvalue weighted by Crippen LogP contribution is -2.40. The van der Waals surface area contributed by atoms with Crippen molar-refractivity contribution in [1.29, 1.82) is 0 Å². The quantitative estimate of drug-likeness (QED) is 0.527. The summed E-state index contributed by atoms with van der Waals surface area (Å²) in [5.74, 6) is 0.162. The second kappa shape index (κ2) is 10.5. The third-order valence-electron chi connectivity index (χ3n) is 5.01. The van der Waals surface area contributed by atoms with E-state index in [1.807, 2.05) is 42.5 Å². The number of amides is 1. The summed E-state index contributed by atoms with van der Waals surface area (Å²) < 4.78 is 37.8. The Hall–Kier alpha value is -3.40. The van der Waals surface area contributed by atoms with E-state index in [0.29, 0.717) is 37.7 Å². The van der Waals surface area contributed by atoms with Gasteiger partial charge in [0.15, 0.2) is 6.61 Å². The smallest absolute Gasteiger partial charge is 0.262 e. The van der Waals surface area contributed by atoms with Crippen LogP contribution < -0.4 is 15.4 Å². The van der Waals surface area contributed by atoms with Crippen LogP contribution in [0.25, 0.3) is 0 Å². The number of para-hydroxylation sites is 1. The van der Waals surface area contributed by atoms with Gasteiger partial charge in [-0.3, -0.25) is 4.79 Å². The van der Waals surface area contributed by atoms with Crippen molar-refractivity contribution in [2.45, 2.75) is 4.90 Å². The summed E-state index contributed by atoms with van der Waals surface area (Å²) >= 11 is 0. The molecule has 0 radical (unpaired) electrons. The molecule has 0 saturated carbocycles. The first-order valence-corrected chi connectivity index (χ1v) is 12.0. The van der Waals surface area contributed by atoms with E-state index in [9.17, 15) is 13.2 Å². The Bertz CT molecular complexity index is 1180. The molecule has 0 unspecified atom stereocenters. The van der Waals surface area contributed by atoms with Crippen molar-refractivity contribution >= 4 is 33.0 Å². The highest BCUT2D eigenvalue weighted by atomic mass is 32.2. The van der Waals surface area contributed by atoms with E-state index in [0.717, 1.165) is 11.4 Å². The molecule has 1 saturated heterocycles. The standard InChI is InChI=1S/C24H25N3O5S/c28-24(18-32-22-11-9-20(10-12-22)25-19-5-2-1-3-6-19)26-21-7-4-8-23(17-21)33(29,30)27-13-15-31-16-14-27/h1-12,17,25H,13-16,18H2,(H,26,28). The van der Waals surface area contributed by atoms with Crippen LogP contribution in [-0.2, 0) is 19.6 Å². The average molecular weight is 468 g/mol. The maximum atomic E-state index is 12.8. The van der Waals surface area contributed by atoms with Crippen molar-refractivity contribution in [3.63, 3.8) is 0 Å². The molecule has 1 aliphatic heterocycles. The molecule has 0 aliphatic carbocycles. The van der Waals surface area contributed by atoms with Crippen molar-refractivity contribution in [3.8, 4) is 5.75 Å². The minimum Gasteiger partial charge on any atom is -0.484 e. The molecule has 4 rings (SSSR count). The number of nitrogens with zero attached hydrogens (tertiary/aromatic N) is 1. The Morgan fingerprint density at radius 3 is 2.27 bits per heavy atom. The molecular formula is C24H25N3O5S. The number of rotatable bonds is 8. The highest BCUT2D eigenvalue weighted by Gasteiger charge is 2.26. The molecule has 2 N–H and O–H groups in total. The van der Waals surface area contributed by atoms with E-state index in [1.165, 1.54) is 16.4 Å². The van der Waals surface area contributed by atoms with Crippen LogP contribution in [0, 0.1) is 0 Å². The van der Waals surface area contributed by atoms with Gasteiger partial charge in [0.1, 0.15) is 5.75 Å². The van der Waals surface area contributed by atoms with Gasteiger partial charge in [0, 0.05) is 30.2 Å². The number of morpholine rings is 1. The van der Waals surface area contributed by atoms with Gasteiger partial charge in [0.05, 0.1) is 18.1 Å². The third-order valence-corrected chi connectivity index (χ3v) is 6.91. The number of nitrogens with one attached hydrogen (secondary N) is 2. The van der Waals surface area contributed by atoms with Gasteiger partial charge in [0.25, 0.3) is 5.91 Å². The van der Waals surface area contributed by atoms with Gasteiger partial charge in [-0.25, -0.2) is 8.42 Å². The second-order valence-corrected chi connectivity index (χ2v) is 9.33. The molecule has 1 heterocycles. The third kappa shape index (κ3) is 6.10. The number of hydrogen-bond donors (Lipinski definition) is 2. The predicted molar refractivity (Wildman–Crippen MR) is 126 cm³/mol. The maximum Gasteiger partial charge on any atom is 0.262 e. The molecule has 3 aromatic carbocycles. The molecule has 1 amide bonds. The van der Waals surface area contributed by atoms with Crippen LogP contribution in [0.3, 0.4) is 0 Å². The molecule has 0 atom stereocenters. The number of carbonyl (C=O) groups excluding carboxylic acids is 1. The fraction of sp³-hybridized carbons (Fsp3) is 0.208. The number of ether oxygens (including phenoxy) is 2. The van der Waals surface area contributed by atoms with Crippen LogP contribution >= 0.6 is 0 Å². The highest BCUT2D eigenvalue weighted by Crippen LogP contribution is 2.22. The summed E-state index contributed by atoms with van der Waals surface area (Å²) in [6.07, 6.45) is 0. The van der Waals surface area contributed by atoms with Gasteiger partial charge in [-0.15, -0.1) is 0 Å². The number of hydrogen-bond acceptors (Lipinski definition) is 6. The van der Waals surface area contributed by atoms with Crippen molar-refractivity contribution in [3.05, 3.63) is 78.9 Å². The van der Waals surface area contributed by atoms with E-state index in [2.05, 4.69) is 10.6 Å². The fourth-order valence-electron chi connectivity index (χ4n) is 3.34. The van der Waals surface area contributed by atoms with Gasteiger partial charge in [-0.1, -0.05) is 24.3 Å². The minimum atomic E-state index is -3.64. The Balaban J connectivity index is 1.31. The van der Waals surface area contributed by atoms with E-state index in [1.54, 1.807) is 24.3 Å². The number of anilines is 3. The first kappa shape index (κ1) is 22.8. The molecule has 172 valence electrons. The van der Waals surface area contributed by atoms with Crippen molar-refractivity contribution in [2.24, 2.45) is 0 Å². The van der Waals surface area contributed by atoms with E-state index < -0.39 is 10.0 Å². The van der Waals surface area contributed by atoms with Gasteiger partial charge < -0.3 is 20.1 Å². The molecule has 9 heteroatoms. The molecule has 8 nitrogen and oxygen atoms in total. The lowest BCUT2D eigenvalue weighted by molar-refractivity contribution is -0.118. The van der Waals surface area contributed by atoms with Crippen LogP contribution in [-0.4, -0.2) is 51.5 Å². The van der Waals surface area contributed by atoms with Crippen LogP contribution in [0.1, 0.15) is 0 Å². The van der Waals surface area contributed by atoms with Gasteiger partial charge >= 0.3 is 0 Å². The number of sulfonamides is 1. The Kier molecular flexibility index (Phi) is 7.23. The number of carbonyl (C=O) groups is 1. The molecule has 0 aromatic heterocycles. The topological polar surface area (TPSA) is 97.0 Å². The Morgan fingerprint density at radius 1 is 0.879 bits per heavy atom. The summed E-state index contributed by atoms with van der Waals surface area (Å²) in [5, 5.41) is 5.96. The highest BCUT2D eigenvalue weighted by molar-refractivity contribution is 7.89. The first-order chi connectivity index (χ1) is 16.0. The zero-order chi connectivity index (χ0) is 23.1. The van der Waals surface area contributed by atoms with Gasteiger partial charge in [0.2, 0.25) is 10.0 Å². The van der Waals surface area contributed by atoms with Crippen LogP contribution in [0.4, 0.5) is 17.1 Å². The zero-order valence-electron chi connectivity index (χ0n) is 17.9. The zero-order valence-corrected chi connectivity index (χ0v) is 18.8. The summed E-state index contributed by atoms with van der Waals surface area (Å²) in [4.78, 5) is 12.5. The largest absolute Gasteiger partial charge is 0.484 e. The van der Waals surface area contributed by atoms with Crippen molar-refractivity contribution in [1.82, 2.24) is 4.31 Å². The monoisotopic (exact) mass is 467 g/mol. The molecule has 3 aromatic rings. The molecule has 0 bridgehead atoms. The van der Waals surface area contributed by atoms with E-state index in [4.69, 9.17) is 9.47 Å². The summed E-state index contributed by atoms with van der Waals surface area (Å²) in [6.45, 7) is 1.16. The average Bonchev–Trinajstić information content (AvgIpc) is 2.85.